The summed E-state index contributed by atoms with van der Waals surface area (Å²) in [6.45, 7) is 0. The Morgan fingerprint density at radius 3 is 2.59 bits per heavy atom. The molecule has 1 amide bonds. The van der Waals surface area contributed by atoms with Crippen LogP contribution >= 0.6 is 0 Å². The number of carboxylic acid groups (broad SMARTS) is 1. The van der Waals surface area contributed by atoms with Crippen LogP contribution in [-0.2, 0) is 7.05 Å². The highest BCUT2D eigenvalue weighted by atomic mass is 16.5. The maximum absolute atomic E-state index is 12.4. The smallest absolute Gasteiger partial charge is 0.339 e. The number of hydrogen-bond acceptors (Lipinski definition) is 5. The summed E-state index contributed by atoms with van der Waals surface area (Å²) in [4.78, 5) is 23.5. The number of aromatic nitrogens is 2. The standard InChI is InChI=1S/C14H15N3O5/c1-17-11(8(7-15-17)14(19)20)13(18)16-9-5-4-6-10(21-2)12(9)22-3/h4-7H,1-3H3,(H,16,18)(H,19,20). The number of nitrogens with one attached hydrogen (secondary N) is 1. The van der Waals surface area contributed by atoms with E-state index >= 15 is 0 Å². The molecule has 0 aliphatic carbocycles. The van der Waals surface area contributed by atoms with Gasteiger partial charge in [0.15, 0.2) is 11.5 Å². The van der Waals surface area contributed by atoms with Crippen molar-refractivity contribution in [2.75, 3.05) is 19.5 Å². The van der Waals surface area contributed by atoms with Crippen molar-refractivity contribution in [3.8, 4) is 11.5 Å². The zero-order valence-electron chi connectivity index (χ0n) is 12.3. The van der Waals surface area contributed by atoms with Crippen LogP contribution in [0.5, 0.6) is 11.5 Å². The highest BCUT2D eigenvalue weighted by Gasteiger charge is 2.23. The maximum Gasteiger partial charge on any atom is 0.339 e. The zero-order valence-corrected chi connectivity index (χ0v) is 12.3. The average molecular weight is 305 g/mol. The van der Waals surface area contributed by atoms with E-state index in [0.717, 1.165) is 6.20 Å². The van der Waals surface area contributed by atoms with E-state index in [0.29, 0.717) is 17.2 Å². The number of aryl methyl sites for hydroxylation is 1. The molecule has 0 saturated heterocycles. The molecule has 1 heterocycles. The van der Waals surface area contributed by atoms with Gasteiger partial charge in [-0.1, -0.05) is 6.07 Å². The molecule has 1 aromatic carbocycles. The Morgan fingerprint density at radius 1 is 1.27 bits per heavy atom. The van der Waals surface area contributed by atoms with Gasteiger partial charge in [-0.05, 0) is 12.1 Å². The Labute approximate surface area is 126 Å². The molecule has 0 saturated carbocycles. The molecule has 2 rings (SSSR count). The number of rotatable bonds is 5. The van der Waals surface area contributed by atoms with E-state index in [1.807, 2.05) is 0 Å². The minimum Gasteiger partial charge on any atom is -0.493 e. The number of para-hydroxylation sites is 1. The lowest BCUT2D eigenvalue weighted by atomic mass is 10.2. The summed E-state index contributed by atoms with van der Waals surface area (Å²) >= 11 is 0. The van der Waals surface area contributed by atoms with E-state index in [4.69, 9.17) is 14.6 Å². The first-order valence-corrected chi connectivity index (χ1v) is 6.27. The number of carbonyl (C=O) groups is 2. The van der Waals surface area contributed by atoms with Crippen molar-refractivity contribution in [2.24, 2.45) is 7.05 Å². The van der Waals surface area contributed by atoms with Crippen LogP contribution in [-0.4, -0.2) is 41.0 Å². The monoisotopic (exact) mass is 305 g/mol. The average Bonchev–Trinajstić information content (AvgIpc) is 2.88. The zero-order chi connectivity index (χ0) is 16.3. The predicted molar refractivity (Wildman–Crippen MR) is 77.7 cm³/mol. The Hall–Kier alpha value is -3.03. The number of benzene rings is 1. The molecule has 0 spiro atoms. The van der Waals surface area contributed by atoms with Gasteiger partial charge in [-0.3, -0.25) is 9.48 Å². The van der Waals surface area contributed by atoms with Crippen LogP contribution in [0.1, 0.15) is 20.8 Å². The Morgan fingerprint density at radius 2 is 2.00 bits per heavy atom. The van der Waals surface area contributed by atoms with E-state index in [9.17, 15) is 9.59 Å². The quantitative estimate of drug-likeness (QED) is 0.865. The summed E-state index contributed by atoms with van der Waals surface area (Å²) < 4.78 is 11.6. The summed E-state index contributed by atoms with van der Waals surface area (Å²) in [5, 5.41) is 15.5. The molecule has 22 heavy (non-hydrogen) atoms. The van der Waals surface area contributed by atoms with E-state index < -0.39 is 11.9 Å². The summed E-state index contributed by atoms with van der Waals surface area (Å²) in [6.07, 6.45) is 1.13. The lowest BCUT2D eigenvalue weighted by Crippen LogP contribution is -2.19. The maximum atomic E-state index is 12.4. The number of anilines is 1. The van der Waals surface area contributed by atoms with Gasteiger partial charge in [0.25, 0.3) is 5.91 Å². The molecular formula is C14H15N3O5. The number of amides is 1. The first-order chi connectivity index (χ1) is 10.5. The first-order valence-electron chi connectivity index (χ1n) is 6.27. The molecule has 0 aliphatic heterocycles. The third-order valence-electron chi connectivity index (χ3n) is 3.04. The Bertz CT molecular complexity index is 723. The first kappa shape index (κ1) is 15.4. The van der Waals surface area contributed by atoms with Crippen molar-refractivity contribution in [3.63, 3.8) is 0 Å². The van der Waals surface area contributed by atoms with Gasteiger partial charge in [-0.25, -0.2) is 4.79 Å². The number of nitrogens with zero attached hydrogens (tertiary/aromatic N) is 2. The van der Waals surface area contributed by atoms with Gasteiger partial charge in [-0.15, -0.1) is 0 Å². The summed E-state index contributed by atoms with van der Waals surface area (Å²) in [7, 11) is 4.41. The Kier molecular flexibility index (Phi) is 4.31. The lowest BCUT2D eigenvalue weighted by molar-refractivity contribution is 0.0692. The van der Waals surface area contributed by atoms with Gasteiger partial charge in [-0.2, -0.15) is 5.10 Å². The van der Waals surface area contributed by atoms with Gasteiger partial charge in [0.05, 0.1) is 26.1 Å². The number of ether oxygens (including phenoxy) is 2. The van der Waals surface area contributed by atoms with Crippen LogP contribution in [0.15, 0.2) is 24.4 Å². The molecule has 0 radical (unpaired) electrons. The van der Waals surface area contributed by atoms with E-state index in [-0.39, 0.29) is 11.3 Å². The highest BCUT2D eigenvalue weighted by Crippen LogP contribution is 2.34. The van der Waals surface area contributed by atoms with E-state index in [2.05, 4.69) is 10.4 Å². The van der Waals surface area contributed by atoms with Crippen LogP contribution < -0.4 is 14.8 Å². The molecule has 116 valence electrons. The lowest BCUT2D eigenvalue weighted by Gasteiger charge is -2.13. The molecule has 1 aromatic heterocycles. The number of methoxy groups -OCH3 is 2. The third kappa shape index (κ3) is 2.71. The summed E-state index contributed by atoms with van der Waals surface area (Å²) in [6, 6.07) is 4.98. The molecule has 0 fully saturated rings. The van der Waals surface area contributed by atoms with Crippen molar-refractivity contribution in [3.05, 3.63) is 35.7 Å². The van der Waals surface area contributed by atoms with Crippen molar-refractivity contribution in [2.45, 2.75) is 0 Å². The normalized spacial score (nSPS) is 10.1. The number of aromatic carboxylic acids is 1. The summed E-state index contributed by atoms with van der Waals surface area (Å²) in [5.74, 6) is -1.04. The molecule has 8 heteroatoms. The van der Waals surface area contributed by atoms with Crippen LogP contribution in [0.4, 0.5) is 5.69 Å². The number of carboxylic acids is 1. The van der Waals surface area contributed by atoms with Gasteiger partial charge in [0.1, 0.15) is 11.3 Å². The molecule has 0 unspecified atom stereocenters. The largest absolute Gasteiger partial charge is 0.493 e. The van der Waals surface area contributed by atoms with Gasteiger partial charge >= 0.3 is 5.97 Å². The predicted octanol–water partition coefficient (Wildman–Crippen LogP) is 1.39. The van der Waals surface area contributed by atoms with Crippen molar-refractivity contribution >= 4 is 17.6 Å². The SMILES string of the molecule is COc1cccc(NC(=O)c2c(C(=O)O)cnn2C)c1OC. The van der Waals surface area contributed by atoms with E-state index in [1.54, 1.807) is 18.2 Å². The molecule has 0 atom stereocenters. The van der Waals surface area contributed by atoms with Gasteiger partial charge < -0.3 is 19.9 Å². The van der Waals surface area contributed by atoms with Crippen LogP contribution in [0.2, 0.25) is 0 Å². The summed E-state index contributed by atoms with van der Waals surface area (Å²) in [5.41, 5.74) is 0.128. The minimum atomic E-state index is -1.23. The fourth-order valence-electron chi connectivity index (χ4n) is 2.03. The van der Waals surface area contributed by atoms with Crippen LogP contribution in [0.3, 0.4) is 0 Å². The van der Waals surface area contributed by atoms with Crippen LogP contribution in [0.25, 0.3) is 0 Å². The van der Waals surface area contributed by atoms with Crippen LogP contribution in [0, 0.1) is 0 Å². The Balaban J connectivity index is 2.38. The molecule has 2 aromatic rings. The number of hydrogen-bond donors (Lipinski definition) is 2. The highest BCUT2D eigenvalue weighted by molar-refractivity contribution is 6.10. The van der Waals surface area contributed by atoms with Gasteiger partial charge in [0.2, 0.25) is 0 Å². The molecule has 0 aliphatic rings. The second-order valence-corrected chi connectivity index (χ2v) is 4.33. The minimum absolute atomic E-state index is 0.0580. The second kappa shape index (κ2) is 6.17. The number of carbonyl (C=O) groups excluding carboxylic acids is 1. The fraction of sp³-hybridized carbons (Fsp3) is 0.214. The van der Waals surface area contributed by atoms with Crippen molar-refractivity contribution < 1.29 is 24.2 Å². The molecular weight excluding hydrogens is 290 g/mol. The second-order valence-electron chi connectivity index (χ2n) is 4.33. The topological polar surface area (TPSA) is 103 Å². The molecule has 0 bridgehead atoms. The molecule has 8 nitrogen and oxygen atoms in total. The van der Waals surface area contributed by atoms with E-state index in [1.165, 1.54) is 25.9 Å². The van der Waals surface area contributed by atoms with Crippen molar-refractivity contribution in [1.82, 2.24) is 9.78 Å². The van der Waals surface area contributed by atoms with Gasteiger partial charge in [0, 0.05) is 7.05 Å². The fourth-order valence-corrected chi connectivity index (χ4v) is 2.03. The third-order valence-corrected chi connectivity index (χ3v) is 3.04. The molecule has 2 N–H and O–H groups in total. The van der Waals surface area contributed by atoms with Crippen molar-refractivity contribution in [1.29, 1.82) is 0 Å².